The molecule has 1 aromatic carbocycles. The van der Waals surface area contributed by atoms with Gasteiger partial charge in [0.15, 0.2) is 0 Å². The summed E-state index contributed by atoms with van der Waals surface area (Å²) < 4.78 is 4.80. The molecule has 0 saturated carbocycles. The van der Waals surface area contributed by atoms with Crippen molar-refractivity contribution in [2.24, 2.45) is 0 Å². The van der Waals surface area contributed by atoms with Crippen LogP contribution in [-0.2, 0) is 16.0 Å². The quantitative estimate of drug-likeness (QED) is 0.484. The number of hydrogen-bond acceptors (Lipinski definition) is 3. The number of aryl methyl sites for hydroxylation is 1. The first kappa shape index (κ1) is 18.1. The standard InChI is InChI=1S/C16H22Cl2NO2/c1-2-21-16(20)5-3-4-14-6-8-15(9-7-14)19(12-10-17)13-11-18/h6-9H,1-5,10-13H2. The van der Waals surface area contributed by atoms with Gasteiger partial charge in [-0.15, -0.1) is 23.2 Å². The second kappa shape index (κ2) is 10.7. The number of anilines is 1. The zero-order chi connectivity index (χ0) is 15.5. The first-order chi connectivity index (χ1) is 10.2. The van der Waals surface area contributed by atoms with E-state index < -0.39 is 0 Å². The van der Waals surface area contributed by atoms with E-state index in [-0.39, 0.29) is 12.6 Å². The first-order valence-electron chi connectivity index (χ1n) is 7.12. The van der Waals surface area contributed by atoms with Crippen LogP contribution in [0, 0.1) is 6.92 Å². The van der Waals surface area contributed by atoms with E-state index in [9.17, 15) is 4.79 Å². The lowest BCUT2D eigenvalue weighted by Crippen LogP contribution is -2.27. The third-order valence-corrected chi connectivity index (χ3v) is 3.46. The molecule has 1 radical (unpaired) electrons. The molecule has 0 bridgehead atoms. The zero-order valence-corrected chi connectivity index (χ0v) is 13.7. The smallest absolute Gasteiger partial charge is 0.305 e. The summed E-state index contributed by atoms with van der Waals surface area (Å²) in [6, 6.07) is 8.31. The number of nitrogens with zero attached hydrogens (tertiary/aromatic N) is 1. The second-order valence-electron chi connectivity index (χ2n) is 4.61. The van der Waals surface area contributed by atoms with Crippen molar-refractivity contribution < 1.29 is 9.53 Å². The van der Waals surface area contributed by atoms with Crippen molar-refractivity contribution in [1.82, 2.24) is 0 Å². The van der Waals surface area contributed by atoms with Gasteiger partial charge < -0.3 is 9.64 Å². The Labute approximate surface area is 137 Å². The van der Waals surface area contributed by atoms with Gasteiger partial charge in [0, 0.05) is 37.0 Å². The summed E-state index contributed by atoms with van der Waals surface area (Å²) in [7, 11) is 0. The maximum absolute atomic E-state index is 11.2. The van der Waals surface area contributed by atoms with E-state index in [1.807, 2.05) is 0 Å². The Bertz CT molecular complexity index is 403. The van der Waals surface area contributed by atoms with E-state index >= 15 is 0 Å². The van der Waals surface area contributed by atoms with Crippen LogP contribution >= 0.6 is 23.2 Å². The minimum atomic E-state index is -0.183. The highest BCUT2D eigenvalue weighted by molar-refractivity contribution is 6.18. The summed E-state index contributed by atoms with van der Waals surface area (Å²) in [6.07, 6.45) is 2.07. The third-order valence-electron chi connectivity index (χ3n) is 3.12. The molecule has 0 fully saturated rings. The predicted octanol–water partition coefficient (Wildman–Crippen LogP) is 3.67. The van der Waals surface area contributed by atoms with Crippen LogP contribution < -0.4 is 4.90 Å². The Balaban J connectivity index is 2.47. The van der Waals surface area contributed by atoms with Gasteiger partial charge in [-0.05, 0) is 37.5 Å². The first-order valence-corrected chi connectivity index (χ1v) is 8.19. The van der Waals surface area contributed by atoms with Gasteiger partial charge in [0.05, 0.1) is 6.61 Å². The summed E-state index contributed by atoms with van der Waals surface area (Å²) in [5.41, 5.74) is 2.33. The van der Waals surface area contributed by atoms with Gasteiger partial charge in [-0.25, -0.2) is 0 Å². The molecule has 1 aromatic rings. The van der Waals surface area contributed by atoms with E-state index in [0.717, 1.165) is 31.6 Å². The maximum atomic E-state index is 11.2. The third kappa shape index (κ3) is 7.05. The van der Waals surface area contributed by atoms with E-state index in [4.69, 9.17) is 27.9 Å². The monoisotopic (exact) mass is 330 g/mol. The normalized spacial score (nSPS) is 10.4. The van der Waals surface area contributed by atoms with Crippen molar-refractivity contribution in [3.63, 3.8) is 0 Å². The summed E-state index contributed by atoms with van der Waals surface area (Å²) in [4.78, 5) is 13.4. The van der Waals surface area contributed by atoms with Crippen LogP contribution in [0.15, 0.2) is 24.3 Å². The molecule has 0 aliphatic heterocycles. The lowest BCUT2D eigenvalue weighted by atomic mass is 10.1. The molecule has 0 aliphatic rings. The molecule has 0 unspecified atom stereocenters. The molecule has 0 saturated heterocycles. The molecule has 0 aliphatic carbocycles. The van der Waals surface area contributed by atoms with Crippen molar-refractivity contribution in [2.75, 3.05) is 36.4 Å². The fourth-order valence-corrected chi connectivity index (χ4v) is 2.48. The van der Waals surface area contributed by atoms with Crippen molar-refractivity contribution in [2.45, 2.75) is 19.3 Å². The van der Waals surface area contributed by atoms with Gasteiger partial charge in [0.1, 0.15) is 0 Å². The van der Waals surface area contributed by atoms with Crippen LogP contribution in [0.2, 0.25) is 0 Å². The van der Waals surface area contributed by atoms with E-state index in [1.54, 1.807) is 0 Å². The number of esters is 1. The number of benzene rings is 1. The van der Waals surface area contributed by atoms with Crippen LogP contribution in [0.3, 0.4) is 0 Å². The second-order valence-corrected chi connectivity index (χ2v) is 5.36. The topological polar surface area (TPSA) is 29.5 Å². The zero-order valence-electron chi connectivity index (χ0n) is 12.2. The molecule has 5 heteroatoms. The fraction of sp³-hybridized carbons (Fsp3) is 0.500. The van der Waals surface area contributed by atoms with Gasteiger partial charge in [0.2, 0.25) is 0 Å². The van der Waals surface area contributed by atoms with E-state index in [1.165, 1.54) is 5.56 Å². The summed E-state index contributed by atoms with van der Waals surface area (Å²) in [6.45, 7) is 5.25. The Morgan fingerprint density at radius 3 is 2.29 bits per heavy atom. The lowest BCUT2D eigenvalue weighted by molar-refractivity contribution is -0.142. The van der Waals surface area contributed by atoms with E-state index in [0.29, 0.717) is 18.2 Å². The van der Waals surface area contributed by atoms with Crippen molar-refractivity contribution in [1.29, 1.82) is 0 Å². The maximum Gasteiger partial charge on any atom is 0.305 e. The number of halogens is 2. The Morgan fingerprint density at radius 2 is 1.76 bits per heavy atom. The Hall–Kier alpha value is -0.930. The molecule has 0 atom stereocenters. The molecule has 0 amide bonds. The number of hydrogen-bond donors (Lipinski definition) is 0. The fourth-order valence-electron chi connectivity index (χ4n) is 2.07. The minimum absolute atomic E-state index is 0.183. The van der Waals surface area contributed by atoms with Gasteiger partial charge in [-0.2, -0.15) is 0 Å². The molecule has 0 aromatic heterocycles. The molecule has 0 N–H and O–H groups in total. The van der Waals surface area contributed by atoms with E-state index in [2.05, 4.69) is 36.1 Å². The largest absolute Gasteiger partial charge is 0.466 e. The van der Waals surface area contributed by atoms with Crippen LogP contribution in [0.25, 0.3) is 0 Å². The number of ether oxygens (including phenoxy) is 1. The highest BCUT2D eigenvalue weighted by atomic mass is 35.5. The molecular weight excluding hydrogens is 309 g/mol. The minimum Gasteiger partial charge on any atom is -0.466 e. The van der Waals surface area contributed by atoms with Crippen LogP contribution in [0.4, 0.5) is 5.69 Å². The van der Waals surface area contributed by atoms with Crippen LogP contribution in [0.5, 0.6) is 0 Å². The van der Waals surface area contributed by atoms with Crippen molar-refractivity contribution in [3.8, 4) is 0 Å². The molecule has 0 spiro atoms. The molecule has 21 heavy (non-hydrogen) atoms. The highest BCUT2D eigenvalue weighted by Gasteiger charge is 2.06. The summed E-state index contributed by atoms with van der Waals surface area (Å²) in [5, 5.41) is 0. The number of alkyl halides is 2. The molecular formula is C16H22Cl2NO2. The van der Waals surface area contributed by atoms with Crippen molar-refractivity contribution in [3.05, 3.63) is 36.8 Å². The van der Waals surface area contributed by atoms with Gasteiger partial charge in [-0.3, -0.25) is 4.79 Å². The summed E-state index contributed by atoms with van der Waals surface area (Å²) in [5.74, 6) is 0.970. The number of carbonyl (C=O) groups excluding carboxylic acids is 1. The van der Waals surface area contributed by atoms with Crippen molar-refractivity contribution >= 4 is 34.9 Å². The Morgan fingerprint density at radius 1 is 1.14 bits per heavy atom. The predicted molar refractivity (Wildman–Crippen MR) is 89.3 cm³/mol. The highest BCUT2D eigenvalue weighted by Crippen LogP contribution is 2.17. The summed E-state index contributed by atoms with van der Waals surface area (Å²) >= 11 is 11.6. The number of rotatable bonds is 10. The average Bonchev–Trinajstić information content (AvgIpc) is 2.48. The SMILES string of the molecule is [CH2]COC(=O)CCCc1ccc(N(CCCl)CCCl)cc1. The molecule has 0 heterocycles. The van der Waals surface area contributed by atoms with Gasteiger partial charge in [-0.1, -0.05) is 12.1 Å². The molecule has 1 rings (SSSR count). The van der Waals surface area contributed by atoms with Gasteiger partial charge in [0.25, 0.3) is 0 Å². The van der Waals surface area contributed by atoms with Crippen LogP contribution in [-0.4, -0.2) is 37.4 Å². The Kier molecular flexibility index (Phi) is 9.27. The van der Waals surface area contributed by atoms with Crippen LogP contribution in [0.1, 0.15) is 18.4 Å². The average molecular weight is 331 g/mol. The lowest BCUT2D eigenvalue weighted by Gasteiger charge is -2.23. The molecule has 117 valence electrons. The van der Waals surface area contributed by atoms with Gasteiger partial charge >= 0.3 is 5.97 Å². The molecule has 3 nitrogen and oxygen atoms in total. The number of carbonyl (C=O) groups is 1.